The van der Waals surface area contributed by atoms with Crippen LogP contribution in [0.5, 0.6) is 11.5 Å². The SMILES string of the molecule is COc1ccc(-c2noc(CSCC(=O)Nc3cc(Cl)ccc3OC)n2)cc1. The normalized spacial score (nSPS) is 10.5. The van der Waals surface area contributed by atoms with Gasteiger partial charge in [0.1, 0.15) is 11.5 Å². The van der Waals surface area contributed by atoms with E-state index in [9.17, 15) is 4.79 Å². The van der Waals surface area contributed by atoms with Gasteiger partial charge in [0.25, 0.3) is 0 Å². The lowest BCUT2D eigenvalue weighted by atomic mass is 10.2. The van der Waals surface area contributed by atoms with Gasteiger partial charge in [-0.15, -0.1) is 11.8 Å². The number of methoxy groups -OCH3 is 2. The summed E-state index contributed by atoms with van der Waals surface area (Å²) >= 11 is 7.33. The number of benzene rings is 2. The number of nitrogens with zero attached hydrogens (tertiary/aromatic N) is 2. The minimum absolute atomic E-state index is 0.180. The lowest BCUT2D eigenvalue weighted by Gasteiger charge is -2.10. The second kappa shape index (κ2) is 9.48. The fraction of sp³-hybridized carbons (Fsp3) is 0.211. The van der Waals surface area contributed by atoms with E-state index < -0.39 is 0 Å². The Balaban J connectivity index is 1.52. The predicted octanol–water partition coefficient (Wildman–Crippen LogP) is 4.28. The Kier molecular flexibility index (Phi) is 6.78. The molecule has 1 heterocycles. The molecule has 3 rings (SSSR count). The molecule has 9 heteroatoms. The molecule has 0 unspecified atom stereocenters. The van der Waals surface area contributed by atoms with Gasteiger partial charge < -0.3 is 19.3 Å². The van der Waals surface area contributed by atoms with E-state index in [0.717, 1.165) is 11.3 Å². The van der Waals surface area contributed by atoms with Crippen molar-refractivity contribution in [3.63, 3.8) is 0 Å². The first-order chi connectivity index (χ1) is 13.6. The van der Waals surface area contributed by atoms with Crippen molar-refractivity contribution in [3.8, 4) is 22.9 Å². The number of halogens is 1. The molecule has 0 aliphatic heterocycles. The molecule has 146 valence electrons. The minimum Gasteiger partial charge on any atom is -0.497 e. The van der Waals surface area contributed by atoms with Crippen LogP contribution in [0.2, 0.25) is 5.02 Å². The second-order valence-corrected chi connectivity index (χ2v) is 7.05. The summed E-state index contributed by atoms with van der Waals surface area (Å²) in [7, 11) is 3.14. The zero-order valence-electron chi connectivity index (χ0n) is 15.3. The summed E-state index contributed by atoms with van der Waals surface area (Å²) in [5.41, 5.74) is 1.35. The molecule has 0 fully saturated rings. The molecule has 0 saturated heterocycles. The number of carbonyl (C=O) groups is 1. The van der Waals surface area contributed by atoms with Gasteiger partial charge in [0.15, 0.2) is 0 Å². The summed E-state index contributed by atoms with van der Waals surface area (Å²) in [5, 5.41) is 7.27. The van der Waals surface area contributed by atoms with E-state index in [1.54, 1.807) is 25.3 Å². The molecule has 28 heavy (non-hydrogen) atoms. The van der Waals surface area contributed by atoms with Gasteiger partial charge in [0.05, 0.1) is 31.4 Å². The number of anilines is 1. The zero-order valence-corrected chi connectivity index (χ0v) is 16.8. The van der Waals surface area contributed by atoms with E-state index in [0.29, 0.717) is 33.9 Å². The number of aromatic nitrogens is 2. The molecule has 0 aliphatic carbocycles. The maximum Gasteiger partial charge on any atom is 0.236 e. The van der Waals surface area contributed by atoms with Crippen LogP contribution in [0.3, 0.4) is 0 Å². The third-order valence-corrected chi connectivity index (χ3v) is 4.86. The molecule has 3 aromatic rings. The average molecular weight is 420 g/mol. The van der Waals surface area contributed by atoms with Gasteiger partial charge in [0.2, 0.25) is 17.6 Å². The van der Waals surface area contributed by atoms with Crippen molar-refractivity contribution >= 4 is 35.0 Å². The van der Waals surface area contributed by atoms with Gasteiger partial charge in [-0.05, 0) is 42.5 Å². The van der Waals surface area contributed by atoms with E-state index in [1.807, 2.05) is 24.3 Å². The molecule has 1 N–H and O–H groups in total. The summed E-state index contributed by atoms with van der Waals surface area (Å²) in [5.74, 6) is 2.70. The first-order valence-corrected chi connectivity index (χ1v) is 9.80. The molecule has 0 aliphatic rings. The third-order valence-electron chi connectivity index (χ3n) is 3.71. The highest BCUT2D eigenvalue weighted by atomic mass is 35.5. The highest BCUT2D eigenvalue weighted by Gasteiger charge is 2.12. The van der Waals surface area contributed by atoms with Crippen molar-refractivity contribution in [2.75, 3.05) is 25.3 Å². The van der Waals surface area contributed by atoms with Crippen LogP contribution >= 0.6 is 23.4 Å². The van der Waals surface area contributed by atoms with Gasteiger partial charge >= 0.3 is 0 Å². The molecule has 2 aromatic carbocycles. The fourth-order valence-electron chi connectivity index (χ4n) is 2.37. The Morgan fingerprint density at radius 2 is 1.96 bits per heavy atom. The van der Waals surface area contributed by atoms with Gasteiger partial charge in [0, 0.05) is 10.6 Å². The monoisotopic (exact) mass is 419 g/mol. The first-order valence-electron chi connectivity index (χ1n) is 8.27. The van der Waals surface area contributed by atoms with Crippen LogP contribution in [0.4, 0.5) is 5.69 Å². The Morgan fingerprint density at radius 1 is 1.18 bits per heavy atom. The maximum atomic E-state index is 12.2. The number of rotatable bonds is 8. The molecule has 7 nitrogen and oxygen atoms in total. The van der Waals surface area contributed by atoms with E-state index in [2.05, 4.69) is 15.5 Å². The van der Waals surface area contributed by atoms with Crippen molar-refractivity contribution in [1.82, 2.24) is 10.1 Å². The van der Waals surface area contributed by atoms with Crippen molar-refractivity contribution in [1.29, 1.82) is 0 Å². The van der Waals surface area contributed by atoms with Crippen LogP contribution in [0.1, 0.15) is 5.89 Å². The van der Waals surface area contributed by atoms with Crippen LogP contribution < -0.4 is 14.8 Å². The van der Waals surface area contributed by atoms with Gasteiger partial charge in [-0.25, -0.2) is 0 Å². The molecule has 1 aromatic heterocycles. The summed E-state index contributed by atoms with van der Waals surface area (Å²) in [6.07, 6.45) is 0. The molecule has 0 atom stereocenters. The number of thioether (sulfide) groups is 1. The van der Waals surface area contributed by atoms with Crippen molar-refractivity contribution in [2.45, 2.75) is 5.75 Å². The number of hydrogen-bond donors (Lipinski definition) is 1. The largest absolute Gasteiger partial charge is 0.497 e. The van der Waals surface area contributed by atoms with Crippen LogP contribution in [-0.2, 0) is 10.5 Å². The minimum atomic E-state index is -0.180. The molecule has 0 radical (unpaired) electrons. The number of nitrogens with one attached hydrogen (secondary N) is 1. The Morgan fingerprint density at radius 3 is 2.68 bits per heavy atom. The van der Waals surface area contributed by atoms with Crippen molar-refractivity contribution in [3.05, 3.63) is 53.4 Å². The number of ether oxygens (including phenoxy) is 2. The zero-order chi connectivity index (χ0) is 19.9. The molecular weight excluding hydrogens is 402 g/mol. The molecule has 0 spiro atoms. The van der Waals surface area contributed by atoms with E-state index in [1.165, 1.54) is 18.9 Å². The Labute approximate surface area is 171 Å². The number of hydrogen-bond acceptors (Lipinski definition) is 7. The molecule has 0 bridgehead atoms. The lowest BCUT2D eigenvalue weighted by molar-refractivity contribution is -0.113. The van der Waals surface area contributed by atoms with E-state index >= 15 is 0 Å². The summed E-state index contributed by atoms with van der Waals surface area (Å²) in [6.45, 7) is 0. The maximum absolute atomic E-state index is 12.2. The summed E-state index contributed by atoms with van der Waals surface area (Å²) < 4.78 is 15.6. The highest BCUT2D eigenvalue weighted by Crippen LogP contribution is 2.28. The average Bonchev–Trinajstić information content (AvgIpc) is 3.17. The van der Waals surface area contributed by atoms with Crippen LogP contribution in [0.25, 0.3) is 11.4 Å². The van der Waals surface area contributed by atoms with E-state index in [4.69, 9.17) is 25.6 Å². The first kappa shape index (κ1) is 20.0. The highest BCUT2D eigenvalue weighted by molar-refractivity contribution is 7.99. The number of carbonyl (C=O) groups excluding carboxylic acids is 1. The van der Waals surface area contributed by atoms with Gasteiger partial charge in [-0.3, -0.25) is 4.79 Å². The van der Waals surface area contributed by atoms with Gasteiger partial charge in [-0.1, -0.05) is 16.8 Å². The molecule has 0 saturated carbocycles. The topological polar surface area (TPSA) is 86.5 Å². The molecular formula is C19H18ClN3O4S. The second-order valence-electron chi connectivity index (χ2n) is 5.63. The Bertz CT molecular complexity index is 947. The standard InChI is InChI=1S/C19H18ClN3O4S/c1-25-14-6-3-12(4-7-14)19-22-18(27-23-19)11-28-10-17(24)21-15-9-13(20)5-8-16(15)26-2/h3-9H,10-11H2,1-2H3,(H,21,24). The summed E-state index contributed by atoms with van der Waals surface area (Å²) in [6, 6.07) is 12.4. The fourth-order valence-corrected chi connectivity index (χ4v) is 3.19. The Hall–Kier alpha value is -2.71. The van der Waals surface area contributed by atoms with Crippen LogP contribution in [-0.4, -0.2) is 36.0 Å². The quantitative estimate of drug-likeness (QED) is 0.583. The van der Waals surface area contributed by atoms with Crippen molar-refractivity contribution < 1.29 is 18.8 Å². The smallest absolute Gasteiger partial charge is 0.236 e. The third kappa shape index (κ3) is 5.17. The lowest BCUT2D eigenvalue weighted by Crippen LogP contribution is -2.14. The van der Waals surface area contributed by atoms with Crippen LogP contribution in [0, 0.1) is 0 Å². The number of amides is 1. The van der Waals surface area contributed by atoms with Crippen molar-refractivity contribution in [2.24, 2.45) is 0 Å². The predicted molar refractivity (Wildman–Crippen MR) is 109 cm³/mol. The summed E-state index contributed by atoms with van der Waals surface area (Å²) in [4.78, 5) is 16.5. The van der Waals surface area contributed by atoms with Gasteiger partial charge in [-0.2, -0.15) is 4.98 Å². The van der Waals surface area contributed by atoms with Crippen LogP contribution in [0.15, 0.2) is 47.0 Å². The molecule has 1 amide bonds. The van der Waals surface area contributed by atoms with E-state index in [-0.39, 0.29) is 11.7 Å².